The summed E-state index contributed by atoms with van der Waals surface area (Å²) in [6.07, 6.45) is 3.74. The summed E-state index contributed by atoms with van der Waals surface area (Å²) in [5.41, 5.74) is 2.19. The Morgan fingerprint density at radius 3 is 3.06 bits per heavy atom. The molecular formula is C10H12N4OS. The number of hydrogen-bond acceptors (Lipinski definition) is 4. The van der Waals surface area contributed by atoms with Gasteiger partial charge in [0, 0.05) is 42.0 Å². The van der Waals surface area contributed by atoms with Crippen LogP contribution in [0.3, 0.4) is 0 Å². The molecule has 0 aliphatic carbocycles. The van der Waals surface area contributed by atoms with Crippen LogP contribution in [0.2, 0.25) is 0 Å². The molecule has 3 heterocycles. The van der Waals surface area contributed by atoms with Crippen molar-refractivity contribution in [3.05, 3.63) is 39.0 Å². The van der Waals surface area contributed by atoms with Gasteiger partial charge in [0.1, 0.15) is 0 Å². The summed E-state index contributed by atoms with van der Waals surface area (Å²) in [5.74, 6) is 0.563. The molecule has 0 saturated carbocycles. The fourth-order valence-electron chi connectivity index (χ4n) is 1.88. The standard InChI is InChI=1S/C10H12N4OS/c15-10-13-8(5-16-10)4-14-6-12-3-9(14)7-1-11-2-7/h3,5-7,11H,1-2,4H2,(H,13,15). The zero-order valence-electron chi connectivity index (χ0n) is 8.64. The summed E-state index contributed by atoms with van der Waals surface area (Å²) in [4.78, 5) is 18.0. The van der Waals surface area contributed by atoms with Crippen LogP contribution in [0.15, 0.2) is 22.7 Å². The van der Waals surface area contributed by atoms with Gasteiger partial charge in [0.2, 0.25) is 0 Å². The minimum Gasteiger partial charge on any atom is -0.328 e. The van der Waals surface area contributed by atoms with Crippen molar-refractivity contribution >= 4 is 11.3 Å². The average molecular weight is 236 g/mol. The molecule has 0 atom stereocenters. The van der Waals surface area contributed by atoms with Crippen LogP contribution in [0, 0.1) is 0 Å². The van der Waals surface area contributed by atoms with Crippen LogP contribution in [0.4, 0.5) is 0 Å². The molecule has 0 bridgehead atoms. The summed E-state index contributed by atoms with van der Waals surface area (Å²) >= 11 is 1.20. The summed E-state index contributed by atoms with van der Waals surface area (Å²) in [7, 11) is 0. The van der Waals surface area contributed by atoms with E-state index in [-0.39, 0.29) is 4.87 Å². The Labute approximate surface area is 96.2 Å². The zero-order chi connectivity index (χ0) is 11.0. The Kier molecular flexibility index (Phi) is 2.37. The number of imidazole rings is 1. The van der Waals surface area contributed by atoms with Crippen molar-refractivity contribution in [2.24, 2.45) is 0 Å². The van der Waals surface area contributed by atoms with E-state index in [9.17, 15) is 4.79 Å². The molecule has 0 spiro atoms. The minimum atomic E-state index is 0.00183. The lowest BCUT2D eigenvalue weighted by Crippen LogP contribution is -2.40. The maximum atomic E-state index is 11.0. The lowest BCUT2D eigenvalue weighted by Gasteiger charge is -2.27. The van der Waals surface area contributed by atoms with Gasteiger partial charge in [-0.3, -0.25) is 4.79 Å². The first kappa shape index (κ1) is 9.80. The van der Waals surface area contributed by atoms with Crippen LogP contribution in [0.5, 0.6) is 0 Å². The summed E-state index contributed by atoms with van der Waals surface area (Å²) in [6.45, 7) is 2.74. The largest absolute Gasteiger partial charge is 0.328 e. The van der Waals surface area contributed by atoms with Gasteiger partial charge in [-0.15, -0.1) is 0 Å². The van der Waals surface area contributed by atoms with Gasteiger partial charge in [0.25, 0.3) is 0 Å². The van der Waals surface area contributed by atoms with Crippen LogP contribution < -0.4 is 10.2 Å². The monoisotopic (exact) mass is 236 g/mol. The summed E-state index contributed by atoms with van der Waals surface area (Å²) in [5, 5.41) is 5.11. The molecule has 2 N–H and O–H groups in total. The highest BCUT2D eigenvalue weighted by Crippen LogP contribution is 2.19. The normalized spacial score (nSPS) is 16.2. The Morgan fingerprint density at radius 2 is 2.44 bits per heavy atom. The first-order chi connectivity index (χ1) is 7.83. The number of nitrogens with one attached hydrogen (secondary N) is 2. The number of rotatable bonds is 3. The molecule has 0 unspecified atom stereocenters. The van der Waals surface area contributed by atoms with Crippen LogP contribution in [0.1, 0.15) is 17.3 Å². The van der Waals surface area contributed by atoms with Gasteiger partial charge >= 0.3 is 4.87 Å². The average Bonchev–Trinajstić information content (AvgIpc) is 2.75. The van der Waals surface area contributed by atoms with Gasteiger partial charge in [-0.25, -0.2) is 4.98 Å². The number of nitrogens with zero attached hydrogens (tertiary/aromatic N) is 2. The quantitative estimate of drug-likeness (QED) is 0.809. The highest BCUT2D eigenvalue weighted by molar-refractivity contribution is 7.07. The molecule has 0 amide bonds. The molecule has 5 nitrogen and oxygen atoms in total. The van der Waals surface area contributed by atoms with Crippen molar-refractivity contribution in [1.29, 1.82) is 0 Å². The molecule has 1 saturated heterocycles. The van der Waals surface area contributed by atoms with E-state index >= 15 is 0 Å². The number of thiazole rings is 1. The van der Waals surface area contributed by atoms with Gasteiger partial charge in [-0.05, 0) is 0 Å². The lowest BCUT2D eigenvalue weighted by molar-refractivity contribution is 0.427. The first-order valence-corrected chi connectivity index (χ1v) is 6.08. The van der Waals surface area contributed by atoms with Gasteiger partial charge < -0.3 is 14.9 Å². The zero-order valence-corrected chi connectivity index (χ0v) is 9.46. The maximum Gasteiger partial charge on any atom is 0.304 e. The molecule has 2 aromatic rings. The van der Waals surface area contributed by atoms with Crippen LogP contribution in [-0.4, -0.2) is 27.6 Å². The second-order valence-corrected chi connectivity index (χ2v) is 4.82. The highest BCUT2D eigenvalue weighted by atomic mass is 32.1. The van der Waals surface area contributed by atoms with Crippen LogP contribution in [0.25, 0.3) is 0 Å². The SMILES string of the molecule is O=c1[nH]c(Cn2cncc2C2CNC2)cs1. The van der Waals surface area contributed by atoms with E-state index in [0.717, 1.165) is 18.8 Å². The van der Waals surface area contributed by atoms with Gasteiger partial charge in [0.15, 0.2) is 0 Å². The second-order valence-electron chi connectivity index (χ2n) is 3.97. The van der Waals surface area contributed by atoms with E-state index in [4.69, 9.17) is 0 Å². The van der Waals surface area contributed by atoms with E-state index in [1.165, 1.54) is 17.0 Å². The number of aromatic amines is 1. The van der Waals surface area contributed by atoms with Crippen molar-refractivity contribution in [2.75, 3.05) is 13.1 Å². The Balaban J connectivity index is 1.83. The molecular weight excluding hydrogens is 224 g/mol. The molecule has 1 aliphatic heterocycles. The fraction of sp³-hybridized carbons (Fsp3) is 0.400. The molecule has 0 aromatic carbocycles. The van der Waals surface area contributed by atoms with Gasteiger partial charge in [-0.1, -0.05) is 11.3 Å². The minimum absolute atomic E-state index is 0.00183. The predicted molar refractivity (Wildman–Crippen MR) is 61.9 cm³/mol. The Hall–Kier alpha value is -1.40. The molecule has 2 aromatic heterocycles. The third-order valence-corrected chi connectivity index (χ3v) is 3.57. The van der Waals surface area contributed by atoms with Crippen LogP contribution in [-0.2, 0) is 6.54 Å². The van der Waals surface area contributed by atoms with E-state index in [1.807, 2.05) is 17.9 Å². The fourth-order valence-corrected chi connectivity index (χ4v) is 2.45. The van der Waals surface area contributed by atoms with E-state index < -0.39 is 0 Å². The number of hydrogen-bond donors (Lipinski definition) is 2. The van der Waals surface area contributed by atoms with Crippen molar-refractivity contribution in [3.63, 3.8) is 0 Å². The second kappa shape index (κ2) is 3.88. The molecule has 3 rings (SSSR count). The maximum absolute atomic E-state index is 11.0. The van der Waals surface area contributed by atoms with E-state index in [1.54, 1.807) is 0 Å². The third kappa shape index (κ3) is 1.70. The Bertz CT molecular complexity index is 537. The van der Waals surface area contributed by atoms with Crippen molar-refractivity contribution in [2.45, 2.75) is 12.5 Å². The molecule has 16 heavy (non-hydrogen) atoms. The van der Waals surface area contributed by atoms with Gasteiger partial charge in [-0.2, -0.15) is 0 Å². The van der Waals surface area contributed by atoms with Crippen molar-refractivity contribution in [3.8, 4) is 0 Å². The molecule has 1 fully saturated rings. The molecule has 84 valence electrons. The molecule has 6 heteroatoms. The highest BCUT2D eigenvalue weighted by Gasteiger charge is 2.22. The van der Waals surface area contributed by atoms with Crippen molar-refractivity contribution in [1.82, 2.24) is 19.9 Å². The van der Waals surface area contributed by atoms with E-state index in [0.29, 0.717) is 12.5 Å². The van der Waals surface area contributed by atoms with Crippen LogP contribution >= 0.6 is 11.3 Å². The Morgan fingerprint density at radius 1 is 1.56 bits per heavy atom. The van der Waals surface area contributed by atoms with Gasteiger partial charge in [0.05, 0.1) is 12.9 Å². The number of H-pyrrole nitrogens is 1. The number of aromatic nitrogens is 3. The summed E-state index contributed by atoms with van der Waals surface area (Å²) in [6, 6.07) is 0. The third-order valence-electron chi connectivity index (χ3n) is 2.86. The molecule has 0 radical (unpaired) electrons. The summed E-state index contributed by atoms with van der Waals surface area (Å²) < 4.78 is 2.10. The topological polar surface area (TPSA) is 62.7 Å². The van der Waals surface area contributed by atoms with E-state index in [2.05, 4.69) is 19.9 Å². The lowest BCUT2D eigenvalue weighted by atomic mass is 10.00. The molecule has 1 aliphatic rings. The van der Waals surface area contributed by atoms with Crippen molar-refractivity contribution < 1.29 is 0 Å². The smallest absolute Gasteiger partial charge is 0.304 e. The first-order valence-electron chi connectivity index (χ1n) is 5.20. The predicted octanol–water partition coefficient (Wildman–Crippen LogP) is 0.368.